The molecule has 0 saturated heterocycles. The first-order valence-corrected chi connectivity index (χ1v) is 5.51. The van der Waals surface area contributed by atoms with E-state index in [1.807, 2.05) is 0 Å². The van der Waals surface area contributed by atoms with Crippen LogP contribution in [0.2, 0.25) is 0 Å². The van der Waals surface area contributed by atoms with E-state index in [9.17, 15) is 18.4 Å². The topological polar surface area (TPSA) is 43.4 Å². The van der Waals surface area contributed by atoms with Gasteiger partial charge in [-0.05, 0) is 19.8 Å². The standard InChI is InChI=1S/C11H16F2O3/c1-2-16-10(15)7-9(14)8-3-5-11(12,13)6-4-8/h8H,2-7H2,1H3. The van der Waals surface area contributed by atoms with Gasteiger partial charge < -0.3 is 4.74 Å². The van der Waals surface area contributed by atoms with E-state index in [1.165, 1.54) is 0 Å². The van der Waals surface area contributed by atoms with Crippen molar-refractivity contribution in [2.45, 2.75) is 45.0 Å². The van der Waals surface area contributed by atoms with E-state index in [0.717, 1.165) is 0 Å². The van der Waals surface area contributed by atoms with Crippen LogP contribution in [0.3, 0.4) is 0 Å². The van der Waals surface area contributed by atoms with Crippen LogP contribution in [-0.2, 0) is 14.3 Å². The molecular weight excluding hydrogens is 218 g/mol. The third kappa shape index (κ3) is 3.87. The van der Waals surface area contributed by atoms with Gasteiger partial charge in [-0.15, -0.1) is 0 Å². The zero-order valence-corrected chi connectivity index (χ0v) is 9.30. The normalized spacial score (nSPS) is 20.4. The summed E-state index contributed by atoms with van der Waals surface area (Å²) >= 11 is 0. The summed E-state index contributed by atoms with van der Waals surface area (Å²) in [5, 5.41) is 0. The van der Waals surface area contributed by atoms with Gasteiger partial charge in [0.05, 0.1) is 6.61 Å². The molecule has 1 saturated carbocycles. The Bertz CT molecular complexity index is 266. The van der Waals surface area contributed by atoms with Crippen LogP contribution >= 0.6 is 0 Å². The molecule has 1 aliphatic carbocycles. The zero-order chi connectivity index (χ0) is 12.2. The first kappa shape index (κ1) is 13.1. The molecule has 0 unspecified atom stereocenters. The van der Waals surface area contributed by atoms with Crippen molar-refractivity contribution >= 4 is 11.8 Å². The number of carbonyl (C=O) groups excluding carboxylic acids is 2. The van der Waals surface area contributed by atoms with E-state index in [4.69, 9.17) is 0 Å². The van der Waals surface area contributed by atoms with Gasteiger partial charge in [0.25, 0.3) is 0 Å². The van der Waals surface area contributed by atoms with Crippen molar-refractivity contribution in [3.63, 3.8) is 0 Å². The van der Waals surface area contributed by atoms with Crippen LogP contribution in [0.5, 0.6) is 0 Å². The minimum atomic E-state index is -2.64. The molecule has 0 radical (unpaired) electrons. The largest absolute Gasteiger partial charge is 0.466 e. The number of hydrogen-bond acceptors (Lipinski definition) is 3. The van der Waals surface area contributed by atoms with Crippen LogP contribution in [0.15, 0.2) is 0 Å². The van der Waals surface area contributed by atoms with Gasteiger partial charge in [-0.3, -0.25) is 9.59 Å². The fourth-order valence-electron chi connectivity index (χ4n) is 1.86. The number of hydrogen-bond donors (Lipinski definition) is 0. The highest BCUT2D eigenvalue weighted by atomic mass is 19.3. The minimum Gasteiger partial charge on any atom is -0.466 e. The summed E-state index contributed by atoms with van der Waals surface area (Å²) in [5.74, 6) is -3.87. The Morgan fingerprint density at radius 1 is 1.31 bits per heavy atom. The summed E-state index contributed by atoms with van der Waals surface area (Å²) in [6, 6.07) is 0. The van der Waals surface area contributed by atoms with E-state index in [1.54, 1.807) is 6.92 Å². The van der Waals surface area contributed by atoms with Crippen LogP contribution in [0.1, 0.15) is 39.0 Å². The zero-order valence-electron chi connectivity index (χ0n) is 9.30. The molecule has 0 N–H and O–H groups in total. The first-order valence-electron chi connectivity index (χ1n) is 5.51. The van der Waals surface area contributed by atoms with Crippen molar-refractivity contribution in [3.8, 4) is 0 Å². The summed E-state index contributed by atoms with van der Waals surface area (Å²) in [6.07, 6.45) is -0.459. The molecule has 0 aromatic carbocycles. The Morgan fingerprint density at radius 2 is 1.88 bits per heavy atom. The average molecular weight is 234 g/mol. The fraction of sp³-hybridized carbons (Fsp3) is 0.818. The lowest BCUT2D eigenvalue weighted by molar-refractivity contribution is -0.147. The molecule has 1 aliphatic rings. The van der Waals surface area contributed by atoms with Crippen LogP contribution in [0.25, 0.3) is 0 Å². The summed E-state index contributed by atoms with van der Waals surface area (Å²) in [6.45, 7) is 1.89. The Balaban J connectivity index is 2.36. The molecule has 0 aromatic rings. The summed E-state index contributed by atoms with van der Waals surface area (Å²) in [4.78, 5) is 22.6. The first-order chi connectivity index (χ1) is 7.44. The third-order valence-corrected chi connectivity index (χ3v) is 2.80. The number of alkyl halides is 2. The average Bonchev–Trinajstić information content (AvgIpc) is 2.17. The lowest BCUT2D eigenvalue weighted by atomic mass is 9.83. The van der Waals surface area contributed by atoms with Crippen molar-refractivity contribution < 1.29 is 23.1 Å². The highest BCUT2D eigenvalue weighted by molar-refractivity contribution is 5.96. The van der Waals surface area contributed by atoms with E-state index < -0.39 is 17.8 Å². The summed E-state index contributed by atoms with van der Waals surface area (Å²) in [5.41, 5.74) is 0. The maximum absolute atomic E-state index is 12.8. The molecule has 16 heavy (non-hydrogen) atoms. The highest BCUT2D eigenvalue weighted by Crippen LogP contribution is 2.36. The maximum Gasteiger partial charge on any atom is 0.313 e. The van der Waals surface area contributed by atoms with E-state index in [2.05, 4.69) is 4.74 Å². The Hall–Kier alpha value is -1.00. The minimum absolute atomic E-state index is 0.172. The smallest absolute Gasteiger partial charge is 0.313 e. The van der Waals surface area contributed by atoms with Crippen molar-refractivity contribution in [3.05, 3.63) is 0 Å². The number of ketones is 1. The predicted molar refractivity (Wildman–Crippen MR) is 53.2 cm³/mol. The summed E-state index contributed by atoms with van der Waals surface area (Å²) < 4.78 is 30.3. The Morgan fingerprint density at radius 3 is 2.38 bits per heavy atom. The molecule has 5 heteroatoms. The monoisotopic (exact) mass is 234 g/mol. The van der Waals surface area contributed by atoms with Gasteiger partial charge >= 0.3 is 5.97 Å². The lowest BCUT2D eigenvalue weighted by Gasteiger charge is -2.27. The summed E-state index contributed by atoms with van der Waals surface area (Å²) in [7, 11) is 0. The molecule has 1 fully saturated rings. The van der Waals surface area contributed by atoms with Gasteiger partial charge in [0.1, 0.15) is 12.2 Å². The SMILES string of the molecule is CCOC(=O)CC(=O)C1CCC(F)(F)CC1. The van der Waals surface area contributed by atoms with Crippen molar-refractivity contribution in [2.75, 3.05) is 6.61 Å². The van der Waals surface area contributed by atoms with Crippen molar-refractivity contribution in [1.29, 1.82) is 0 Å². The fourth-order valence-corrected chi connectivity index (χ4v) is 1.86. The second kappa shape index (κ2) is 5.37. The molecule has 1 rings (SSSR count). The van der Waals surface area contributed by atoms with Gasteiger partial charge in [-0.25, -0.2) is 8.78 Å². The third-order valence-electron chi connectivity index (χ3n) is 2.80. The second-order valence-electron chi connectivity index (χ2n) is 4.08. The van der Waals surface area contributed by atoms with Crippen LogP contribution in [-0.4, -0.2) is 24.3 Å². The van der Waals surface area contributed by atoms with Crippen molar-refractivity contribution in [1.82, 2.24) is 0 Å². The number of Topliss-reactive ketones (excluding diaryl/α,β-unsaturated/α-hetero) is 1. The molecule has 0 bridgehead atoms. The van der Waals surface area contributed by atoms with E-state index >= 15 is 0 Å². The van der Waals surface area contributed by atoms with Crippen LogP contribution in [0.4, 0.5) is 8.78 Å². The van der Waals surface area contributed by atoms with Crippen LogP contribution in [0, 0.1) is 5.92 Å². The lowest BCUT2D eigenvalue weighted by Crippen LogP contribution is -2.29. The molecule has 0 atom stereocenters. The van der Waals surface area contributed by atoms with E-state index in [-0.39, 0.29) is 44.5 Å². The van der Waals surface area contributed by atoms with Gasteiger partial charge in [0.15, 0.2) is 0 Å². The van der Waals surface area contributed by atoms with Crippen molar-refractivity contribution in [2.24, 2.45) is 5.92 Å². The molecule has 0 amide bonds. The molecule has 0 aromatic heterocycles. The molecule has 0 spiro atoms. The molecule has 0 aliphatic heterocycles. The number of carbonyl (C=O) groups is 2. The number of ether oxygens (including phenoxy) is 1. The van der Waals surface area contributed by atoms with Gasteiger partial charge in [-0.1, -0.05) is 0 Å². The number of esters is 1. The van der Waals surface area contributed by atoms with Gasteiger partial charge in [0, 0.05) is 18.8 Å². The molecule has 3 nitrogen and oxygen atoms in total. The number of rotatable bonds is 4. The molecule has 0 heterocycles. The second-order valence-corrected chi connectivity index (χ2v) is 4.08. The molecule has 92 valence electrons. The van der Waals surface area contributed by atoms with Gasteiger partial charge in [-0.2, -0.15) is 0 Å². The number of halogens is 2. The Kier molecular flexibility index (Phi) is 4.38. The van der Waals surface area contributed by atoms with Gasteiger partial charge in [0.2, 0.25) is 5.92 Å². The highest BCUT2D eigenvalue weighted by Gasteiger charge is 2.37. The van der Waals surface area contributed by atoms with E-state index in [0.29, 0.717) is 0 Å². The Labute approximate surface area is 93.2 Å². The molecular formula is C11H16F2O3. The quantitative estimate of drug-likeness (QED) is 0.554. The van der Waals surface area contributed by atoms with Crippen LogP contribution < -0.4 is 0 Å². The maximum atomic E-state index is 12.8. The predicted octanol–water partition coefficient (Wildman–Crippen LogP) is 2.33.